The minimum absolute atomic E-state index is 0.455. The topological polar surface area (TPSA) is 59.3 Å². The number of hydrogen-bond donors (Lipinski definition) is 2. The monoisotopic (exact) mass is 259 g/mol. The number of aromatic nitrogens is 1. The lowest BCUT2D eigenvalue weighted by Gasteiger charge is -2.26. The van der Waals surface area contributed by atoms with Gasteiger partial charge in [0.2, 0.25) is 0 Å². The molecule has 1 aliphatic rings. The van der Waals surface area contributed by atoms with E-state index in [1.165, 1.54) is 0 Å². The molecule has 100 valence electrons. The van der Waals surface area contributed by atoms with Gasteiger partial charge in [-0.2, -0.15) is 0 Å². The summed E-state index contributed by atoms with van der Waals surface area (Å²) in [5.41, 5.74) is 1.90. The fraction of sp³-hybridized carbons (Fsp3) is 0.357. The van der Waals surface area contributed by atoms with Gasteiger partial charge in [-0.3, -0.25) is 0 Å². The lowest BCUT2D eigenvalue weighted by atomic mass is 10.1. The Morgan fingerprint density at radius 1 is 1.37 bits per heavy atom. The molecule has 2 heterocycles. The van der Waals surface area contributed by atoms with Gasteiger partial charge in [0.05, 0.1) is 6.54 Å². The Labute approximate surface area is 111 Å². The van der Waals surface area contributed by atoms with E-state index in [2.05, 4.69) is 15.8 Å². The number of anilines is 1. The number of benzene rings is 1. The molecule has 2 N–H and O–H groups in total. The molecule has 1 saturated heterocycles. The highest BCUT2D eigenvalue weighted by molar-refractivity contribution is 5.42. The van der Waals surface area contributed by atoms with Crippen LogP contribution in [0.15, 0.2) is 40.9 Å². The number of nitrogens with one attached hydrogen (secondary N) is 2. The summed E-state index contributed by atoms with van der Waals surface area (Å²) in [6.45, 7) is 2.34. The molecular weight excluding hydrogens is 242 g/mol. The van der Waals surface area contributed by atoms with E-state index in [0.717, 1.165) is 24.3 Å². The lowest BCUT2D eigenvalue weighted by molar-refractivity contribution is 0.165. The van der Waals surface area contributed by atoms with E-state index < -0.39 is 0 Å². The molecule has 0 radical (unpaired) electrons. The summed E-state index contributed by atoms with van der Waals surface area (Å²) in [4.78, 5) is 0. The Bertz CT molecular complexity index is 508. The van der Waals surface area contributed by atoms with E-state index in [0.29, 0.717) is 25.1 Å². The van der Waals surface area contributed by atoms with Gasteiger partial charge in [0.1, 0.15) is 12.3 Å². The maximum absolute atomic E-state index is 5.52. The first-order chi connectivity index (χ1) is 9.40. The SMILES string of the molecule is c1ccc(NCc2cc(OC[C@@H]3CCN3)on2)cc1. The summed E-state index contributed by atoms with van der Waals surface area (Å²) >= 11 is 0. The normalized spacial score (nSPS) is 17.8. The lowest BCUT2D eigenvalue weighted by Crippen LogP contribution is -2.46. The summed E-state index contributed by atoms with van der Waals surface area (Å²) in [5, 5.41) is 10.5. The number of ether oxygens (including phenoxy) is 1. The molecule has 1 aliphatic heterocycles. The van der Waals surface area contributed by atoms with Crippen molar-refractivity contribution < 1.29 is 9.26 Å². The van der Waals surface area contributed by atoms with E-state index >= 15 is 0 Å². The minimum Gasteiger partial charge on any atom is -0.462 e. The summed E-state index contributed by atoms with van der Waals surface area (Å²) in [7, 11) is 0. The van der Waals surface area contributed by atoms with Crippen LogP contribution < -0.4 is 15.4 Å². The van der Waals surface area contributed by atoms with Gasteiger partial charge in [-0.25, -0.2) is 0 Å². The molecule has 1 aromatic carbocycles. The molecule has 1 fully saturated rings. The molecule has 1 atom stereocenters. The van der Waals surface area contributed by atoms with E-state index in [4.69, 9.17) is 9.26 Å². The number of rotatable bonds is 6. The molecule has 19 heavy (non-hydrogen) atoms. The highest BCUT2D eigenvalue weighted by Gasteiger charge is 2.17. The average molecular weight is 259 g/mol. The van der Waals surface area contributed by atoms with Crippen LogP contribution in [-0.4, -0.2) is 24.4 Å². The highest BCUT2D eigenvalue weighted by atomic mass is 16.6. The second-order valence-corrected chi connectivity index (χ2v) is 4.61. The van der Waals surface area contributed by atoms with Crippen molar-refractivity contribution in [2.24, 2.45) is 0 Å². The Balaban J connectivity index is 1.47. The van der Waals surface area contributed by atoms with Crippen LogP contribution in [0.4, 0.5) is 5.69 Å². The van der Waals surface area contributed by atoms with Crippen molar-refractivity contribution in [1.29, 1.82) is 0 Å². The van der Waals surface area contributed by atoms with E-state index in [-0.39, 0.29) is 0 Å². The van der Waals surface area contributed by atoms with Crippen molar-refractivity contribution in [3.05, 3.63) is 42.1 Å². The van der Waals surface area contributed by atoms with Crippen LogP contribution in [0, 0.1) is 0 Å². The summed E-state index contributed by atoms with van der Waals surface area (Å²) in [6, 6.07) is 12.3. The van der Waals surface area contributed by atoms with Gasteiger partial charge in [-0.15, -0.1) is 0 Å². The second-order valence-electron chi connectivity index (χ2n) is 4.61. The zero-order valence-electron chi connectivity index (χ0n) is 10.6. The maximum Gasteiger partial charge on any atom is 0.311 e. The molecular formula is C14H17N3O2. The molecule has 0 saturated carbocycles. The van der Waals surface area contributed by atoms with Gasteiger partial charge >= 0.3 is 5.95 Å². The molecule has 5 nitrogen and oxygen atoms in total. The van der Waals surface area contributed by atoms with Crippen molar-refractivity contribution in [3.63, 3.8) is 0 Å². The summed E-state index contributed by atoms with van der Waals surface area (Å²) in [5.74, 6) is 0.485. The van der Waals surface area contributed by atoms with Gasteiger partial charge < -0.3 is 19.9 Å². The first-order valence-corrected chi connectivity index (χ1v) is 6.51. The van der Waals surface area contributed by atoms with E-state index in [1.807, 2.05) is 36.4 Å². The molecule has 0 unspecified atom stereocenters. The molecule has 0 spiro atoms. The molecule has 5 heteroatoms. The summed E-state index contributed by atoms with van der Waals surface area (Å²) in [6.07, 6.45) is 1.16. The average Bonchev–Trinajstić information content (AvgIpc) is 2.84. The maximum atomic E-state index is 5.52. The van der Waals surface area contributed by atoms with Gasteiger partial charge in [-0.05, 0) is 25.1 Å². The largest absolute Gasteiger partial charge is 0.462 e. The van der Waals surface area contributed by atoms with Gasteiger partial charge in [0, 0.05) is 17.8 Å². The number of nitrogens with zero attached hydrogens (tertiary/aromatic N) is 1. The predicted molar refractivity (Wildman–Crippen MR) is 72.2 cm³/mol. The van der Waals surface area contributed by atoms with Crippen LogP contribution in [0.2, 0.25) is 0 Å². The van der Waals surface area contributed by atoms with Crippen molar-refractivity contribution >= 4 is 5.69 Å². The van der Waals surface area contributed by atoms with Crippen molar-refractivity contribution in [1.82, 2.24) is 10.5 Å². The minimum atomic E-state index is 0.455. The van der Waals surface area contributed by atoms with Crippen LogP contribution in [0.25, 0.3) is 0 Å². The Morgan fingerprint density at radius 3 is 2.95 bits per heavy atom. The van der Waals surface area contributed by atoms with Gasteiger partial charge in [0.25, 0.3) is 0 Å². The zero-order valence-corrected chi connectivity index (χ0v) is 10.6. The molecule has 0 amide bonds. The van der Waals surface area contributed by atoms with E-state index in [9.17, 15) is 0 Å². The van der Waals surface area contributed by atoms with Crippen LogP contribution in [0.3, 0.4) is 0 Å². The number of hydrogen-bond acceptors (Lipinski definition) is 5. The molecule has 0 aliphatic carbocycles. The molecule has 2 aromatic rings. The zero-order chi connectivity index (χ0) is 12.9. The Kier molecular flexibility index (Phi) is 3.65. The predicted octanol–water partition coefficient (Wildman–Crippen LogP) is 2.03. The molecule has 3 rings (SSSR count). The van der Waals surface area contributed by atoms with E-state index in [1.54, 1.807) is 0 Å². The van der Waals surface area contributed by atoms with Gasteiger partial charge in [0.15, 0.2) is 0 Å². The fourth-order valence-electron chi connectivity index (χ4n) is 1.87. The molecule has 0 bridgehead atoms. The van der Waals surface area contributed by atoms with Crippen molar-refractivity contribution in [3.8, 4) is 5.95 Å². The third kappa shape index (κ3) is 3.26. The first-order valence-electron chi connectivity index (χ1n) is 6.51. The van der Waals surface area contributed by atoms with Crippen molar-refractivity contribution in [2.45, 2.75) is 19.0 Å². The third-order valence-electron chi connectivity index (χ3n) is 3.14. The van der Waals surface area contributed by atoms with Crippen LogP contribution >= 0.6 is 0 Å². The third-order valence-corrected chi connectivity index (χ3v) is 3.14. The second kappa shape index (κ2) is 5.75. The summed E-state index contributed by atoms with van der Waals surface area (Å²) < 4.78 is 10.7. The number of para-hydroxylation sites is 1. The van der Waals surface area contributed by atoms with Crippen molar-refractivity contribution in [2.75, 3.05) is 18.5 Å². The first kappa shape index (κ1) is 12.0. The van der Waals surface area contributed by atoms with Crippen LogP contribution in [0.5, 0.6) is 5.95 Å². The Morgan fingerprint density at radius 2 is 2.21 bits per heavy atom. The Hall–Kier alpha value is -2.01. The van der Waals surface area contributed by atoms with Crippen LogP contribution in [0.1, 0.15) is 12.1 Å². The standard InChI is InChI=1S/C14H17N3O2/c1-2-4-11(5-3-1)16-9-13-8-14(19-17-13)18-10-12-6-7-15-12/h1-5,8,12,15-16H,6-7,9-10H2/t12-/m0/s1. The van der Waals surface area contributed by atoms with Gasteiger partial charge in [-0.1, -0.05) is 23.4 Å². The smallest absolute Gasteiger partial charge is 0.311 e. The van der Waals surface area contributed by atoms with Crippen LogP contribution in [-0.2, 0) is 6.54 Å². The molecule has 1 aromatic heterocycles. The quantitative estimate of drug-likeness (QED) is 0.831. The fourth-order valence-corrected chi connectivity index (χ4v) is 1.87. The highest BCUT2D eigenvalue weighted by Crippen LogP contribution is 2.15.